The van der Waals surface area contributed by atoms with Crippen molar-refractivity contribution >= 4 is 21.9 Å². The summed E-state index contributed by atoms with van der Waals surface area (Å²) >= 11 is 0. The summed E-state index contributed by atoms with van der Waals surface area (Å²) in [5.74, 6) is 0.903. The van der Waals surface area contributed by atoms with E-state index in [1.807, 2.05) is 35.2 Å². The van der Waals surface area contributed by atoms with Gasteiger partial charge in [0, 0.05) is 5.39 Å². The van der Waals surface area contributed by atoms with Crippen LogP contribution in [0, 0.1) is 6.92 Å². The first-order chi connectivity index (χ1) is 9.83. The fraction of sp³-hybridized carbons (Fsp3) is 0.0588. The number of para-hydroxylation sites is 3. The summed E-state index contributed by atoms with van der Waals surface area (Å²) in [6.45, 7) is 2.09. The molecule has 0 aliphatic rings. The molecule has 0 spiro atoms. The van der Waals surface area contributed by atoms with Crippen LogP contribution < -0.4 is 0 Å². The SMILES string of the molecule is Cc1cccc2ccc(-n3cnc4ccccc43)nc12. The quantitative estimate of drug-likeness (QED) is 0.519. The summed E-state index contributed by atoms with van der Waals surface area (Å²) in [6, 6.07) is 18.5. The molecule has 2 heterocycles. The Morgan fingerprint density at radius 2 is 1.80 bits per heavy atom. The van der Waals surface area contributed by atoms with Gasteiger partial charge in [-0.25, -0.2) is 9.97 Å². The number of hydrogen-bond donors (Lipinski definition) is 0. The lowest BCUT2D eigenvalue weighted by Crippen LogP contribution is -1.96. The minimum atomic E-state index is 0.903. The van der Waals surface area contributed by atoms with E-state index in [0.29, 0.717) is 0 Å². The van der Waals surface area contributed by atoms with Gasteiger partial charge in [0.1, 0.15) is 12.1 Å². The van der Waals surface area contributed by atoms with Crippen LogP contribution in [0.15, 0.2) is 60.9 Å². The molecule has 4 rings (SSSR count). The van der Waals surface area contributed by atoms with Crippen molar-refractivity contribution in [2.24, 2.45) is 0 Å². The number of nitrogens with zero attached hydrogens (tertiary/aromatic N) is 3. The highest BCUT2D eigenvalue weighted by Crippen LogP contribution is 2.21. The molecule has 0 N–H and O–H groups in total. The van der Waals surface area contributed by atoms with Crippen LogP contribution in [0.5, 0.6) is 0 Å². The molecule has 0 saturated heterocycles. The van der Waals surface area contributed by atoms with Gasteiger partial charge in [0.15, 0.2) is 0 Å². The molecular weight excluding hydrogens is 246 g/mol. The molecular formula is C17H13N3. The van der Waals surface area contributed by atoms with Gasteiger partial charge in [0.25, 0.3) is 0 Å². The van der Waals surface area contributed by atoms with Crippen LogP contribution in [-0.4, -0.2) is 14.5 Å². The first kappa shape index (κ1) is 11.2. The molecule has 2 aromatic heterocycles. The van der Waals surface area contributed by atoms with Crippen molar-refractivity contribution in [1.82, 2.24) is 14.5 Å². The van der Waals surface area contributed by atoms with Crippen LogP contribution in [0.25, 0.3) is 27.8 Å². The van der Waals surface area contributed by atoms with E-state index in [1.165, 1.54) is 5.56 Å². The average molecular weight is 259 g/mol. The van der Waals surface area contributed by atoms with Crippen molar-refractivity contribution in [3.8, 4) is 5.82 Å². The highest BCUT2D eigenvalue weighted by atomic mass is 15.1. The van der Waals surface area contributed by atoms with E-state index < -0.39 is 0 Å². The van der Waals surface area contributed by atoms with E-state index in [9.17, 15) is 0 Å². The average Bonchev–Trinajstić information content (AvgIpc) is 2.91. The maximum atomic E-state index is 4.79. The largest absolute Gasteiger partial charge is 0.283 e. The number of imidazole rings is 1. The predicted molar refractivity (Wildman–Crippen MR) is 81.1 cm³/mol. The first-order valence-electron chi connectivity index (χ1n) is 6.62. The minimum Gasteiger partial charge on any atom is -0.283 e. The van der Waals surface area contributed by atoms with Gasteiger partial charge in [0.05, 0.1) is 16.6 Å². The fourth-order valence-corrected chi connectivity index (χ4v) is 2.56. The van der Waals surface area contributed by atoms with E-state index in [4.69, 9.17) is 4.98 Å². The van der Waals surface area contributed by atoms with E-state index in [0.717, 1.165) is 27.8 Å². The maximum absolute atomic E-state index is 4.79. The zero-order valence-corrected chi connectivity index (χ0v) is 11.1. The highest BCUT2D eigenvalue weighted by molar-refractivity contribution is 5.83. The van der Waals surface area contributed by atoms with Gasteiger partial charge < -0.3 is 0 Å². The second-order valence-electron chi connectivity index (χ2n) is 4.92. The molecule has 0 fully saturated rings. The molecule has 4 aromatic rings. The highest BCUT2D eigenvalue weighted by Gasteiger charge is 2.06. The van der Waals surface area contributed by atoms with Gasteiger partial charge in [-0.3, -0.25) is 4.57 Å². The summed E-state index contributed by atoms with van der Waals surface area (Å²) in [4.78, 5) is 9.21. The van der Waals surface area contributed by atoms with Gasteiger partial charge in [0.2, 0.25) is 0 Å². The van der Waals surface area contributed by atoms with Crippen molar-refractivity contribution in [3.05, 3.63) is 66.5 Å². The zero-order chi connectivity index (χ0) is 13.5. The van der Waals surface area contributed by atoms with Crippen LogP contribution >= 0.6 is 0 Å². The summed E-state index contributed by atoms with van der Waals surface area (Å²) in [5.41, 5.74) is 4.30. The molecule has 0 aliphatic carbocycles. The Bertz CT molecular complexity index is 922. The number of aromatic nitrogens is 3. The minimum absolute atomic E-state index is 0.903. The molecule has 3 heteroatoms. The van der Waals surface area contributed by atoms with Crippen molar-refractivity contribution in [3.63, 3.8) is 0 Å². The van der Waals surface area contributed by atoms with Crippen molar-refractivity contribution in [2.45, 2.75) is 6.92 Å². The van der Waals surface area contributed by atoms with E-state index >= 15 is 0 Å². The van der Waals surface area contributed by atoms with E-state index in [1.54, 1.807) is 0 Å². The Balaban J connectivity index is 2.00. The summed E-state index contributed by atoms with van der Waals surface area (Å²) in [6.07, 6.45) is 1.83. The maximum Gasteiger partial charge on any atom is 0.139 e. The van der Waals surface area contributed by atoms with Gasteiger partial charge >= 0.3 is 0 Å². The molecule has 0 aliphatic heterocycles. The normalized spacial score (nSPS) is 11.2. The van der Waals surface area contributed by atoms with Crippen molar-refractivity contribution in [2.75, 3.05) is 0 Å². The standard InChI is InChI=1S/C17H13N3/c1-12-5-4-6-13-9-10-16(19-17(12)13)20-11-18-14-7-2-3-8-15(14)20/h2-11H,1H3. The lowest BCUT2D eigenvalue weighted by Gasteiger charge is -2.06. The first-order valence-corrected chi connectivity index (χ1v) is 6.62. The number of pyridine rings is 1. The second kappa shape index (κ2) is 4.17. The predicted octanol–water partition coefficient (Wildman–Crippen LogP) is 3.88. The Morgan fingerprint density at radius 1 is 0.900 bits per heavy atom. The topological polar surface area (TPSA) is 30.7 Å². The number of hydrogen-bond acceptors (Lipinski definition) is 2. The molecule has 20 heavy (non-hydrogen) atoms. The molecule has 0 amide bonds. The van der Waals surface area contributed by atoms with Crippen molar-refractivity contribution < 1.29 is 0 Å². The zero-order valence-electron chi connectivity index (χ0n) is 11.1. The van der Waals surface area contributed by atoms with Gasteiger partial charge in [-0.2, -0.15) is 0 Å². The fourth-order valence-electron chi connectivity index (χ4n) is 2.56. The molecule has 96 valence electrons. The second-order valence-corrected chi connectivity index (χ2v) is 4.92. The van der Waals surface area contributed by atoms with Crippen LogP contribution in [-0.2, 0) is 0 Å². The number of benzene rings is 2. The molecule has 0 saturated carbocycles. The summed E-state index contributed by atoms with van der Waals surface area (Å²) < 4.78 is 2.03. The van der Waals surface area contributed by atoms with E-state index in [-0.39, 0.29) is 0 Å². The molecule has 0 atom stereocenters. The van der Waals surface area contributed by atoms with Gasteiger partial charge in [-0.15, -0.1) is 0 Å². The number of rotatable bonds is 1. The monoisotopic (exact) mass is 259 g/mol. The van der Waals surface area contributed by atoms with Crippen LogP contribution in [0.1, 0.15) is 5.56 Å². The Kier molecular flexibility index (Phi) is 2.33. The molecule has 0 unspecified atom stereocenters. The van der Waals surface area contributed by atoms with E-state index in [2.05, 4.69) is 42.2 Å². The smallest absolute Gasteiger partial charge is 0.139 e. The number of aryl methyl sites for hydroxylation is 1. The van der Waals surface area contributed by atoms with Gasteiger partial charge in [-0.05, 0) is 36.8 Å². The number of fused-ring (bicyclic) bond motifs is 2. The molecule has 3 nitrogen and oxygen atoms in total. The third-order valence-corrected chi connectivity index (χ3v) is 3.61. The van der Waals surface area contributed by atoms with Crippen LogP contribution in [0.2, 0.25) is 0 Å². The Morgan fingerprint density at radius 3 is 2.75 bits per heavy atom. The summed E-state index contributed by atoms with van der Waals surface area (Å²) in [7, 11) is 0. The Labute approximate surface area is 116 Å². The molecule has 0 bridgehead atoms. The van der Waals surface area contributed by atoms with Crippen LogP contribution in [0.3, 0.4) is 0 Å². The lowest BCUT2D eigenvalue weighted by atomic mass is 10.1. The van der Waals surface area contributed by atoms with Crippen molar-refractivity contribution in [1.29, 1.82) is 0 Å². The molecule has 2 aromatic carbocycles. The third-order valence-electron chi connectivity index (χ3n) is 3.61. The summed E-state index contributed by atoms with van der Waals surface area (Å²) in [5, 5.41) is 1.16. The third kappa shape index (κ3) is 1.60. The lowest BCUT2D eigenvalue weighted by molar-refractivity contribution is 1.04. The Hall–Kier alpha value is -2.68. The van der Waals surface area contributed by atoms with Gasteiger partial charge in [-0.1, -0.05) is 30.3 Å². The van der Waals surface area contributed by atoms with Crippen LogP contribution in [0.4, 0.5) is 0 Å². The molecule has 0 radical (unpaired) electrons.